The summed E-state index contributed by atoms with van der Waals surface area (Å²) in [6.45, 7) is 5.94. The highest BCUT2D eigenvalue weighted by Crippen LogP contribution is 2.25. The van der Waals surface area contributed by atoms with Crippen molar-refractivity contribution in [1.82, 2.24) is 10.6 Å². The molecule has 6 nitrogen and oxygen atoms in total. The summed E-state index contributed by atoms with van der Waals surface area (Å²) < 4.78 is 0. The molecule has 1 aliphatic heterocycles. The Bertz CT molecular complexity index is 530. The normalized spacial score (nSPS) is 18.0. The molecule has 2 amide bonds. The first-order chi connectivity index (χ1) is 9.97. The van der Waals surface area contributed by atoms with Gasteiger partial charge in [0.05, 0.1) is 11.4 Å². The van der Waals surface area contributed by atoms with Crippen LogP contribution in [0.25, 0.3) is 0 Å². The molecular weight excluding hydrogens is 268 g/mol. The highest BCUT2D eigenvalue weighted by molar-refractivity contribution is 5.92. The third-order valence-corrected chi connectivity index (χ3v) is 3.25. The Balaban J connectivity index is 1.91. The van der Waals surface area contributed by atoms with Crippen molar-refractivity contribution in [3.8, 4) is 0 Å². The van der Waals surface area contributed by atoms with Gasteiger partial charge in [-0.2, -0.15) is 0 Å². The summed E-state index contributed by atoms with van der Waals surface area (Å²) in [5, 5.41) is 11.9. The minimum absolute atomic E-state index is 0.0539. The van der Waals surface area contributed by atoms with E-state index in [9.17, 15) is 9.59 Å². The lowest BCUT2D eigenvalue weighted by Gasteiger charge is -2.28. The molecule has 114 valence electrons. The van der Waals surface area contributed by atoms with Gasteiger partial charge in [-0.3, -0.25) is 9.59 Å². The molecule has 2 rings (SSSR count). The number of carbonyl (C=O) groups excluding carboxylic acids is 2. The molecule has 1 aromatic carbocycles. The van der Waals surface area contributed by atoms with Crippen molar-refractivity contribution < 1.29 is 9.59 Å². The fourth-order valence-corrected chi connectivity index (χ4v) is 2.16. The Morgan fingerprint density at radius 2 is 1.81 bits per heavy atom. The van der Waals surface area contributed by atoms with E-state index < -0.39 is 12.1 Å². The quantitative estimate of drug-likeness (QED) is 0.665. The molecule has 0 fully saturated rings. The number of fused-ring (bicyclic) bond motifs is 1. The molecule has 1 heterocycles. The zero-order valence-electron chi connectivity index (χ0n) is 12.6. The van der Waals surface area contributed by atoms with Crippen molar-refractivity contribution in [2.75, 3.05) is 17.2 Å². The molecule has 4 N–H and O–H groups in total. The summed E-state index contributed by atoms with van der Waals surface area (Å²) >= 11 is 0. The first-order valence-corrected chi connectivity index (χ1v) is 7.17. The second-order valence-corrected chi connectivity index (χ2v) is 5.52. The van der Waals surface area contributed by atoms with Crippen molar-refractivity contribution in [2.24, 2.45) is 0 Å². The lowest BCUT2D eigenvalue weighted by molar-refractivity contribution is -0.129. The zero-order chi connectivity index (χ0) is 15.4. The summed E-state index contributed by atoms with van der Waals surface area (Å²) in [5.74, 6) is -0.370. The summed E-state index contributed by atoms with van der Waals surface area (Å²) in [6.07, 6.45) is 0. The highest BCUT2D eigenvalue weighted by atomic mass is 16.2. The number of hydrogen-bond acceptors (Lipinski definition) is 4. The zero-order valence-corrected chi connectivity index (χ0v) is 12.6. The molecule has 0 saturated heterocycles. The molecule has 0 spiro atoms. The van der Waals surface area contributed by atoms with E-state index >= 15 is 0 Å². The fraction of sp³-hybridized carbons (Fsp3) is 0.467. The standard InChI is InChI=1S/C15H22N4O2/c1-9(2)17-14(20)10(3)18-15(21)13-8-16-11-6-4-5-7-12(11)19-13/h4-7,9-10,13,16,19H,8H2,1-3H3,(H,17,20)(H,18,21). The van der Waals surface area contributed by atoms with Crippen LogP contribution in [0, 0.1) is 0 Å². The van der Waals surface area contributed by atoms with E-state index in [0.717, 1.165) is 11.4 Å². The van der Waals surface area contributed by atoms with Crippen LogP contribution in [-0.4, -0.2) is 36.5 Å². The van der Waals surface area contributed by atoms with Crippen molar-refractivity contribution >= 4 is 23.2 Å². The summed E-state index contributed by atoms with van der Waals surface area (Å²) in [6, 6.07) is 6.82. The minimum Gasteiger partial charge on any atom is -0.381 e. The number of hydrogen-bond donors (Lipinski definition) is 4. The first kappa shape index (κ1) is 15.2. The fourth-order valence-electron chi connectivity index (χ4n) is 2.16. The van der Waals surface area contributed by atoms with Gasteiger partial charge in [0.25, 0.3) is 0 Å². The molecule has 0 bridgehead atoms. The predicted molar refractivity (Wildman–Crippen MR) is 83.2 cm³/mol. The smallest absolute Gasteiger partial charge is 0.244 e. The number of carbonyl (C=O) groups is 2. The van der Waals surface area contributed by atoms with Crippen molar-refractivity contribution in [3.05, 3.63) is 24.3 Å². The maximum atomic E-state index is 12.2. The van der Waals surface area contributed by atoms with Crippen molar-refractivity contribution in [2.45, 2.75) is 38.9 Å². The molecule has 1 aromatic rings. The van der Waals surface area contributed by atoms with Crippen LogP contribution >= 0.6 is 0 Å². The summed E-state index contributed by atoms with van der Waals surface area (Å²) in [7, 11) is 0. The van der Waals surface area contributed by atoms with Crippen LogP contribution in [0.5, 0.6) is 0 Å². The summed E-state index contributed by atoms with van der Waals surface area (Å²) in [4.78, 5) is 24.0. The second kappa shape index (κ2) is 6.47. The van der Waals surface area contributed by atoms with E-state index in [4.69, 9.17) is 0 Å². The number of nitrogens with one attached hydrogen (secondary N) is 4. The monoisotopic (exact) mass is 290 g/mol. The largest absolute Gasteiger partial charge is 0.381 e. The second-order valence-electron chi connectivity index (χ2n) is 5.52. The van der Waals surface area contributed by atoms with Gasteiger partial charge >= 0.3 is 0 Å². The van der Waals surface area contributed by atoms with Crippen LogP contribution in [0.3, 0.4) is 0 Å². The average molecular weight is 290 g/mol. The van der Waals surface area contributed by atoms with E-state index in [1.807, 2.05) is 38.1 Å². The molecule has 0 saturated carbocycles. The number of anilines is 2. The van der Waals surface area contributed by atoms with Gasteiger partial charge in [0.2, 0.25) is 11.8 Å². The molecule has 0 aliphatic carbocycles. The number of para-hydroxylation sites is 2. The van der Waals surface area contributed by atoms with Crippen LogP contribution in [0.15, 0.2) is 24.3 Å². The van der Waals surface area contributed by atoms with E-state index in [0.29, 0.717) is 6.54 Å². The predicted octanol–water partition coefficient (Wildman–Crippen LogP) is 0.922. The first-order valence-electron chi connectivity index (χ1n) is 7.17. The maximum absolute atomic E-state index is 12.2. The van der Waals surface area contributed by atoms with Gasteiger partial charge in [-0.05, 0) is 32.9 Å². The molecular formula is C15H22N4O2. The van der Waals surface area contributed by atoms with Crippen LogP contribution in [0.1, 0.15) is 20.8 Å². The van der Waals surface area contributed by atoms with Gasteiger partial charge in [-0.15, -0.1) is 0 Å². The molecule has 6 heteroatoms. The number of amides is 2. The molecule has 2 unspecified atom stereocenters. The van der Waals surface area contributed by atoms with Gasteiger partial charge in [0.15, 0.2) is 0 Å². The van der Waals surface area contributed by atoms with Gasteiger partial charge in [-0.1, -0.05) is 12.1 Å². The Morgan fingerprint density at radius 1 is 1.14 bits per heavy atom. The van der Waals surface area contributed by atoms with Crippen LogP contribution < -0.4 is 21.3 Å². The lowest BCUT2D eigenvalue weighted by atomic mass is 10.1. The van der Waals surface area contributed by atoms with Crippen LogP contribution in [0.4, 0.5) is 11.4 Å². The minimum atomic E-state index is -0.557. The SMILES string of the molecule is CC(C)NC(=O)C(C)NC(=O)C1CNc2ccccc2N1. The Kier molecular flexibility index (Phi) is 4.67. The van der Waals surface area contributed by atoms with E-state index in [1.54, 1.807) is 6.92 Å². The molecule has 21 heavy (non-hydrogen) atoms. The summed E-state index contributed by atoms with van der Waals surface area (Å²) in [5.41, 5.74) is 1.87. The van der Waals surface area contributed by atoms with Crippen LogP contribution in [-0.2, 0) is 9.59 Å². The van der Waals surface area contributed by atoms with Gasteiger partial charge < -0.3 is 21.3 Å². The Labute approximate surface area is 124 Å². The molecule has 0 aromatic heterocycles. The third kappa shape index (κ3) is 3.87. The van der Waals surface area contributed by atoms with Gasteiger partial charge in [0.1, 0.15) is 12.1 Å². The van der Waals surface area contributed by atoms with E-state index in [-0.39, 0.29) is 17.9 Å². The maximum Gasteiger partial charge on any atom is 0.244 e. The third-order valence-electron chi connectivity index (χ3n) is 3.25. The van der Waals surface area contributed by atoms with Crippen molar-refractivity contribution in [1.29, 1.82) is 0 Å². The highest BCUT2D eigenvalue weighted by Gasteiger charge is 2.26. The lowest BCUT2D eigenvalue weighted by Crippen LogP contribution is -2.53. The molecule has 1 aliphatic rings. The van der Waals surface area contributed by atoms with E-state index in [1.165, 1.54) is 0 Å². The van der Waals surface area contributed by atoms with Crippen LogP contribution in [0.2, 0.25) is 0 Å². The average Bonchev–Trinajstić information content (AvgIpc) is 2.45. The molecule has 0 radical (unpaired) electrons. The number of benzene rings is 1. The molecule has 2 atom stereocenters. The topological polar surface area (TPSA) is 82.3 Å². The number of rotatable bonds is 4. The van der Waals surface area contributed by atoms with Gasteiger partial charge in [-0.25, -0.2) is 0 Å². The van der Waals surface area contributed by atoms with Gasteiger partial charge in [0, 0.05) is 12.6 Å². The van der Waals surface area contributed by atoms with Crippen molar-refractivity contribution in [3.63, 3.8) is 0 Å². The Hall–Kier alpha value is -2.24. The van der Waals surface area contributed by atoms with E-state index in [2.05, 4.69) is 21.3 Å². The Morgan fingerprint density at radius 3 is 2.48 bits per heavy atom.